The van der Waals surface area contributed by atoms with Crippen LogP contribution in [0.25, 0.3) is 5.57 Å². The van der Waals surface area contributed by atoms with Gasteiger partial charge >= 0.3 is 0 Å². The van der Waals surface area contributed by atoms with Crippen molar-refractivity contribution in [1.29, 1.82) is 0 Å². The first-order valence-corrected chi connectivity index (χ1v) is 21.4. The van der Waals surface area contributed by atoms with Gasteiger partial charge in [0.05, 0.1) is 28.8 Å². The Hall–Kier alpha value is -4.31. The molecule has 0 heterocycles. The van der Waals surface area contributed by atoms with Crippen LogP contribution in [-0.4, -0.2) is 40.4 Å². The lowest BCUT2D eigenvalue weighted by molar-refractivity contribution is -1.92. The van der Waals surface area contributed by atoms with Gasteiger partial charge < -0.3 is 19.3 Å². The summed E-state index contributed by atoms with van der Waals surface area (Å²) in [5, 5.41) is 0. The fraction of sp³-hybridized carbons (Fsp3) is 0.404. The van der Waals surface area contributed by atoms with E-state index in [1.807, 2.05) is 54.6 Å². The van der Waals surface area contributed by atoms with E-state index in [1.165, 1.54) is 5.69 Å². The van der Waals surface area contributed by atoms with Crippen LogP contribution in [0.4, 0.5) is 11.4 Å². The standard InChI is InChI=1S/C47H61ClN2O6/c1-7-11-34-49(35-12-8-2)42-25-17-38(18-26-42)46(39-19-29-44(54-5)30-20-39)16-15-33-47(56-48(51,52)53,41-23-31-45(55-6)32-24-41)40-21-27-43(28-22-40)50(36-13-9-3)37-14-10-4/h15-33H,7-14,34-37H2,1-6H3. The highest BCUT2D eigenvalue weighted by atomic mass is 35.7. The van der Waals surface area contributed by atoms with Gasteiger partial charge in [0.2, 0.25) is 0 Å². The van der Waals surface area contributed by atoms with Gasteiger partial charge in [0.1, 0.15) is 11.5 Å². The van der Waals surface area contributed by atoms with Crippen molar-refractivity contribution in [2.75, 3.05) is 50.2 Å². The first-order chi connectivity index (χ1) is 27.1. The molecule has 9 heteroatoms. The topological polar surface area (TPSA) is 103 Å². The normalized spacial score (nSPS) is 13.1. The summed E-state index contributed by atoms with van der Waals surface area (Å²) in [6.45, 7) is 12.6. The van der Waals surface area contributed by atoms with E-state index >= 15 is 0 Å². The number of anilines is 2. The second-order valence-electron chi connectivity index (χ2n) is 14.1. The second-order valence-corrected chi connectivity index (χ2v) is 15.0. The molecule has 0 spiro atoms. The van der Waals surface area contributed by atoms with Crippen LogP contribution in [0, 0.1) is 10.2 Å². The smallest absolute Gasteiger partial charge is 0.292 e. The summed E-state index contributed by atoms with van der Waals surface area (Å²) in [5.41, 5.74) is 4.16. The molecular weight excluding hydrogens is 724 g/mol. The van der Waals surface area contributed by atoms with Crippen LogP contribution >= 0.6 is 0 Å². The molecule has 0 aliphatic rings. The summed E-state index contributed by atoms with van der Waals surface area (Å²) >= 11 is 0. The van der Waals surface area contributed by atoms with Crippen LogP contribution in [0.3, 0.4) is 0 Å². The van der Waals surface area contributed by atoms with Crippen molar-refractivity contribution in [3.63, 3.8) is 0 Å². The third-order valence-corrected chi connectivity index (χ3v) is 10.5. The minimum absolute atomic E-state index is 0.450. The Balaban J connectivity index is 1.87. The number of hydrogen-bond acceptors (Lipinski definition) is 8. The fourth-order valence-corrected chi connectivity index (χ4v) is 7.31. The van der Waals surface area contributed by atoms with Gasteiger partial charge in [-0.3, -0.25) is 0 Å². The quantitative estimate of drug-likeness (QED) is 0.0654. The van der Waals surface area contributed by atoms with Gasteiger partial charge in [0, 0.05) is 48.7 Å². The number of unbranched alkanes of at least 4 members (excludes halogenated alkanes) is 4. The highest BCUT2D eigenvalue weighted by Gasteiger charge is 2.47. The molecule has 4 rings (SSSR count). The van der Waals surface area contributed by atoms with E-state index in [9.17, 15) is 14.0 Å². The Labute approximate surface area is 337 Å². The van der Waals surface area contributed by atoms with Gasteiger partial charge in [-0.25, -0.2) is 0 Å². The molecule has 302 valence electrons. The molecule has 1 unspecified atom stereocenters. The largest absolute Gasteiger partial charge is 0.497 e. The summed E-state index contributed by atoms with van der Waals surface area (Å²) in [4.78, 5) is 4.81. The molecule has 4 aromatic carbocycles. The van der Waals surface area contributed by atoms with E-state index < -0.39 is 15.8 Å². The summed E-state index contributed by atoms with van der Waals surface area (Å²) in [7, 11) is -1.68. The van der Waals surface area contributed by atoms with Crippen molar-refractivity contribution in [2.45, 2.75) is 84.7 Å². The molecule has 56 heavy (non-hydrogen) atoms. The van der Waals surface area contributed by atoms with E-state index in [0.29, 0.717) is 16.9 Å². The molecular formula is C47H61ClN2O6. The molecule has 0 saturated heterocycles. The second kappa shape index (κ2) is 22.4. The van der Waals surface area contributed by atoms with E-state index in [1.54, 1.807) is 50.6 Å². The van der Waals surface area contributed by atoms with Crippen LogP contribution in [0.1, 0.15) is 101 Å². The zero-order valence-corrected chi connectivity index (χ0v) is 34.9. The van der Waals surface area contributed by atoms with Crippen LogP contribution in [0.15, 0.2) is 115 Å². The van der Waals surface area contributed by atoms with Gasteiger partial charge in [0.25, 0.3) is 5.60 Å². The predicted molar refractivity (Wildman–Crippen MR) is 221 cm³/mol. The minimum atomic E-state index is -4.88. The Morgan fingerprint density at radius 1 is 0.554 bits per heavy atom. The van der Waals surface area contributed by atoms with Gasteiger partial charge in [-0.15, -0.1) is 0 Å². The number of rotatable bonds is 24. The molecule has 1 atom stereocenters. The monoisotopic (exact) mass is 784 g/mol. The molecule has 0 bridgehead atoms. The first-order valence-electron chi connectivity index (χ1n) is 20.1. The summed E-state index contributed by atoms with van der Waals surface area (Å²) in [6, 6.07) is 31.0. The average molecular weight is 785 g/mol. The first kappa shape index (κ1) is 44.4. The average Bonchev–Trinajstić information content (AvgIpc) is 3.22. The van der Waals surface area contributed by atoms with Gasteiger partial charge in [-0.1, -0.05) is 114 Å². The lowest BCUT2D eigenvalue weighted by atomic mass is 9.85. The number of ether oxygens (including phenoxy) is 2. The van der Waals surface area contributed by atoms with Gasteiger partial charge in [-0.05, 0) is 97.0 Å². The molecule has 4 aromatic rings. The van der Waals surface area contributed by atoms with Crippen LogP contribution in [-0.2, 0) is 9.89 Å². The zero-order valence-electron chi connectivity index (χ0n) is 34.2. The van der Waals surface area contributed by atoms with Crippen LogP contribution < -0.4 is 33.3 Å². The minimum Gasteiger partial charge on any atom is -0.497 e. The lowest BCUT2D eigenvalue weighted by Gasteiger charge is -2.29. The van der Waals surface area contributed by atoms with Gasteiger partial charge in [-0.2, -0.15) is 14.0 Å². The highest BCUT2D eigenvalue weighted by Crippen LogP contribution is 2.39. The third-order valence-electron chi connectivity index (χ3n) is 10.1. The maximum Gasteiger partial charge on any atom is 0.292 e. The number of nitrogens with zero attached hydrogens (tertiary/aromatic N) is 2. The lowest BCUT2D eigenvalue weighted by Crippen LogP contribution is -2.63. The Kier molecular flexibility index (Phi) is 17.8. The van der Waals surface area contributed by atoms with Crippen molar-refractivity contribution in [3.8, 4) is 11.5 Å². The van der Waals surface area contributed by atoms with Crippen molar-refractivity contribution in [2.24, 2.45) is 0 Å². The SMILES string of the molecule is CCCCN(CCCC)c1ccc(C(=CC=CC(O[Cl+3]([O-])([O-])[O-])(c2ccc(OC)cc2)c2ccc(N(CCCC)CCCC)cc2)c2ccc(OC)cc2)cc1. The number of hydrogen-bond donors (Lipinski definition) is 0. The van der Waals surface area contributed by atoms with Gasteiger partial charge in [0.15, 0.2) is 0 Å². The molecule has 0 saturated carbocycles. The molecule has 8 nitrogen and oxygen atoms in total. The molecule has 0 aliphatic carbocycles. The summed E-state index contributed by atoms with van der Waals surface area (Å²) in [6.07, 6.45) is 14.1. The van der Waals surface area contributed by atoms with E-state index in [0.717, 1.165) is 106 Å². The number of halogens is 1. The zero-order chi connectivity index (χ0) is 40.4. The molecule has 0 aromatic heterocycles. The third kappa shape index (κ3) is 12.6. The predicted octanol–water partition coefficient (Wildman–Crippen LogP) is 8.36. The van der Waals surface area contributed by atoms with Crippen molar-refractivity contribution in [1.82, 2.24) is 0 Å². The van der Waals surface area contributed by atoms with Crippen LogP contribution in [0.5, 0.6) is 11.5 Å². The molecule has 0 radical (unpaired) electrons. The van der Waals surface area contributed by atoms with E-state index in [4.69, 9.17) is 13.8 Å². The number of allylic oxidation sites excluding steroid dienone is 2. The maximum atomic E-state index is 12.6. The summed E-state index contributed by atoms with van der Waals surface area (Å²) in [5.74, 6) is 1.32. The van der Waals surface area contributed by atoms with Crippen LogP contribution in [0.2, 0.25) is 0 Å². The maximum absolute atomic E-state index is 12.6. The highest BCUT2D eigenvalue weighted by molar-refractivity contribution is 5.81. The molecule has 0 fully saturated rings. The Bertz CT molecular complexity index is 1750. The van der Waals surface area contributed by atoms with Crippen molar-refractivity contribution in [3.05, 3.63) is 138 Å². The number of benzene rings is 4. The van der Waals surface area contributed by atoms with E-state index in [2.05, 4.69) is 61.8 Å². The number of methoxy groups -OCH3 is 2. The fourth-order valence-electron chi connectivity index (χ4n) is 6.78. The van der Waals surface area contributed by atoms with Crippen molar-refractivity contribution < 1.29 is 38.0 Å². The molecule has 0 aliphatic heterocycles. The Morgan fingerprint density at radius 2 is 0.911 bits per heavy atom. The van der Waals surface area contributed by atoms with Crippen molar-refractivity contribution >= 4 is 16.9 Å². The Morgan fingerprint density at radius 3 is 1.29 bits per heavy atom. The van der Waals surface area contributed by atoms with E-state index in [-0.39, 0.29) is 0 Å². The summed E-state index contributed by atoms with van der Waals surface area (Å²) < 4.78 is 54.4. The molecule has 0 N–H and O–H groups in total. The molecule has 0 amide bonds.